The number of carbonyl (C=O) groups excluding carboxylic acids is 2. The number of anilines is 1. The Kier molecular flexibility index (Phi) is 5.55. The fourth-order valence-electron chi connectivity index (χ4n) is 6.89. The lowest BCUT2D eigenvalue weighted by Crippen LogP contribution is -2.44. The predicted molar refractivity (Wildman–Crippen MR) is 127 cm³/mol. The molecule has 174 valence electrons. The Morgan fingerprint density at radius 1 is 1.36 bits per heavy atom. The van der Waals surface area contributed by atoms with E-state index in [4.69, 9.17) is 0 Å². The molecule has 6 nitrogen and oxygen atoms in total. The number of nitrogens with one attached hydrogen (secondary N) is 1. The second-order valence-corrected chi connectivity index (χ2v) is 11.3. The molecule has 3 aliphatic rings. The van der Waals surface area contributed by atoms with Crippen LogP contribution in [0.3, 0.4) is 0 Å². The van der Waals surface area contributed by atoms with Gasteiger partial charge in [-0.2, -0.15) is 0 Å². The fraction of sp³-hybridized carbons (Fsp3) is 0.500. The highest BCUT2D eigenvalue weighted by molar-refractivity contribution is 7.15. The molecule has 5 atom stereocenters. The maximum atomic E-state index is 13.4. The Morgan fingerprint density at radius 2 is 2.18 bits per heavy atom. The van der Waals surface area contributed by atoms with Crippen LogP contribution in [0.4, 0.5) is 5.13 Å². The zero-order chi connectivity index (χ0) is 23.3. The van der Waals surface area contributed by atoms with Crippen LogP contribution < -0.4 is 5.32 Å². The van der Waals surface area contributed by atoms with E-state index in [-0.39, 0.29) is 29.9 Å². The van der Waals surface area contributed by atoms with Crippen molar-refractivity contribution in [3.63, 3.8) is 0 Å². The molecule has 2 saturated carbocycles. The number of benzene rings is 1. The number of allylic oxidation sites excluding steroid dienone is 1. The number of phenols is 1. The van der Waals surface area contributed by atoms with E-state index in [0.29, 0.717) is 34.7 Å². The van der Waals surface area contributed by atoms with Crippen molar-refractivity contribution in [3.8, 4) is 5.75 Å². The molecule has 1 amide bonds. The molecule has 0 aliphatic heterocycles. The van der Waals surface area contributed by atoms with Crippen LogP contribution in [0.25, 0.3) is 0 Å². The van der Waals surface area contributed by atoms with E-state index in [0.717, 1.165) is 36.8 Å². The first-order valence-electron chi connectivity index (χ1n) is 11.7. The number of aryl methyl sites for hydroxylation is 2. The van der Waals surface area contributed by atoms with Crippen molar-refractivity contribution in [2.24, 2.45) is 23.2 Å². The average Bonchev–Trinajstić information content (AvgIpc) is 3.29. The minimum Gasteiger partial charge on any atom is -0.515 e. The van der Waals surface area contributed by atoms with Crippen LogP contribution in [0.15, 0.2) is 36.2 Å². The second kappa shape index (κ2) is 8.28. The van der Waals surface area contributed by atoms with E-state index in [1.807, 2.05) is 19.1 Å². The van der Waals surface area contributed by atoms with Gasteiger partial charge in [0.2, 0.25) is 5.91 Å². The summed E-state index contributed by atoms with van der Waals surface area (Å²) in [4.78, 5) is 31.3. The van der Waals surface area contributed by atoms with Crippen molar-refractivity contribution in [1.29, 1.82) is 0 Å². The summed E-state index contributed by atoms with van der Waals surface area (Å²) in [5.41, 5.74) is 2.47. The van der Waals surface area contributed by atoms with Crippen LogP contribution in [0.5, 0.6) is 5.75 Å². The Balaban J connectivity index is 1.40. The predicted octanol–water partition coefficient (Wildman–Crippen LogP) is 5.28. The number of fused-ring (bicyclic) bond motifs is 5. The Bertz CT molecular complexity index is 1140. The first-order valence-corrected chi connectivity index (χ1v) is 12.6. The van der Waals surface area contributed by atoms with Gasteiger partial charge in [0.25, 0.3) is 0 Å². The van der Waals surface area contributed by atoms with Crippen LogP contribution in [0.1, 0.15) is 60.9 Å². The minimum atomic E-state index is -0.502. The molecule has 0 spiro atoms. The molecule has 0 saturated heterocycles. The number of aromatic hydroxyl groups is 1. The van der Waals surface area contributed by atoms with Gasteiger partial charge < -0.3 is 15.5 Å². The van der Waals surface area contributed by atoms with Crippen molar-refractivity contribution in [1.82, 2.24) is 4.98 Å². The van der Waals surface area contributed by atoms with Crippen molar-refractivity contribution in [2.75, 3.05) is 5.32 Å². The topological polar surface area (TPSA) is 99.5 Å². The van der Waals surface area contributed by atoms with Gasteiger partial charge >= 0.3 is 0 Å². The number of hydrogen-bond donors (Lipinski definition) is 3. The lowest BCUT2D eigenvalue weighted by Gasteiger charge is -2.49. The smallest absolute Gasteiger partial charge is 0.226 e. The lowest BCUT2D eigenvalue weighted by molar-refractivity contribution is -0.127. The van der Waals surface area contributed by atoms with E-state index in [9.17, 15) is 19.8 Å². The van der Waals surface area contributed by atoms with Crippen LogP contribution in [-0.2, 0) is 16.0 Å². The number of carbonyl (C=O) groups is 2. The summed E-state index contributed by atoms with van der Waals surface area (Å²) in [7, 11) is 0. The Labute approximate surface area is 197 Å². The molecule has 0 radical (unpaired) electrons. The second-order valence-electron chi connectivity index (χ2n) is 10.1. The van der Waals surface area contributed by atoms with Gasteiger partial charge in [0, 0.05) is 28.5 Å². The van der Waals surface area contributed by atoms with E-state index in [2.05, 4.69) is 17.2 Å². The highest BCUT2D eigenvalue weighted by Crippen LogP contribution is 2.63. The van der Waals surface area contributed by atoms with Gasteiger partial charge in [0.15, 0.2) is 10.9 Å². The number of Topliss-reactive ketones (excluding diaryl/α,β-unsaturated/α-hetero) is 1. The Hall–Kier alpha value is -2.67. The minimum absolute atomic E-state index is 0.0471. The third-order valence-electron chi connectivity index (χ3n) is 8.26. The van der Waals surface area contributed by atoms with Crippen molar-refractivity contribution < 1.29 is 19.8 Å². The van der Waals surface area contributed by atoms with Crippen LogP contribution >= 0.6 is 11.3 Å². The first kappa shape index (κ1) is 22.1. The van der Waals surface area contributed by atoms with Crippen molar-refractivity contribution in [3.05, 3.63) is 52.2 Å². The summed E-state index contributed by atoms with van der Waals surface area (Å²) in [6.45, 7) is 4.00. The summed E-state index contributed by atoms with van der Waals surface area (Å²) < 4.78 is 0. The van der Waals surface area contributed by atoms with Crippen molar-refractivity contribution >= 4 is 28.2 Å². The molecule has 5 rings (SSSR count). The summed E-state index contributed by atoms with van der Waals surface area (Å²) in [6, 6.07) is 5.68. The largest absolute Gasteiger partial charge is 0.515 e. The molecular weight excluding hydrogens is 436 g/mol. The molecule has 0 bridgehead atoms. The fourth-order valence-corrected chi connectivity index (χ4v) is 7.57. The first-order chi connectivity index (χ1) is 15.8. The van der Waals surface area contributed by atoms with Gasteiger partial charge in [-0.05, 0) is 86.0 Å². The van der Waals surface area contributed by atoms with Gasteiger partial charge in [0.1, 0.15) is 5.75 Å². The van der Waals surface area contributed by atoms with Crippen LogP contribution in [0, 0.1) is 30.1 Å². The number of hydrogen-bond acceptors (Lipinski definition) is 6. The van der Waals surface area contributed by atoms with Crippen LogP contribution in [0.2, 0.25) is 0 Å². The number of nitrogens with zero attached hydrogens (tertiary/aromatic N) is 1. The SMILES string of the molecule is Cc1cnc(NC(=O)CCC2/C(=C/O)C(=O)C3(C)CCC4c5ccc(O)cc5CCC4C23)s1. The number of aromatic nitrogens is 1. The highest BCUT2D eigenvalue weighted by atomic mass is 32.1. The number of aliphatic hydroxyl groups is 1. The number of phenolic OH excluding ortho intramolecular Hbond substituents is 1. The third-order valence-corrected chi connectivity index (χ3v) is 9.09. The van der Waals surface area contributed by atoms with Gasteiger partial charge in [-0.15, -0.1) is 11.3 Å². The molecule has 1 aromatic heterocycles. The molecule has 2 aromatic rings. The molecule has 33 heavy (non-hydrogen) atoms. The quantitative estimate of drug-likeness (QED) is 0.421. The van der Waals surface area contributed by atoms with E-state index in [1.54, 1.807) is 12.3 Å². The van der Waals surface area contributed by atoms with Gasteiger partial charge in [-0.25, -0.2) is 4.98 Å². The third kappa shape index (κ3) is 3.66. The molecule has 3 N–H and O–H groups in total. The monoisotopic (exact) mass is 466 g/mol. The number of ketones is 1. The van der Waals surface area contributed by atoms with Gasteiger partial charge in [-0.1, -0.05) is 13.0 Å². The number of thiazole rings is 1. The highest BCUT2D eigenvalue weighted by Gasteiger charge is 2.60. The summed E-state index contributed by atoms with van der Waals surface area (Å²) in [5.74, 6) is 0.852. The number of rotatable bonds is 4. The van der Waals surface area contributed by atoms with E-state index < -0.39 is 5.41 Å². The molecule has 3 aliphatic carbocycles. The summed E-state index contributed by atoms with van der Waals surface area (Å²) in [5, 5.41) is 23.4. The van der Waals surface area contributed by atoms with Gasteiger partial charge in [0.05, 0.1) is 6.26 Å². The molecular formula is C26H30N2O4S. The molecule has 1 aromatic carbocycles. The standard InChI is InChI=1S/C26H30N2O4S/c1-14-12-27-25(33-14)28-22(31)8-7-20-21(13-29)24(32)26(2)10-9-18-17-6-4-16(30)11-15(17)3-5-19(18)23(20)26/h4,6,11-13,18-20,23,29-30H,3,5,7-10H2,1-2H3,(H,27,28,31)/b21-13-. The van der Waals surface area contributed by atoms with Gasteiger partial charge in [-0.3, -0.25) is 9.59 Å². The average molecular weight is 467 g/mol. The Morgan fingerprint density at radius 3 is 2.91 bits per heavy atom. The zero-order valence-corrected chi connectivity index (χ0v) is 19.8. The van der Waals surface area contributed by atoms with Crippen LogP contribution in [-0.4, -0.2) is 26.9 Å². The molecule has 7 heteroatoms. The molecule has 1 heterocycles. The molecule has 2 fully saturated rings. The summed E-state index contributed by atoms with van der Waals surface area (Å²) in [6.07, 6.45) is 7.07. The maximum Gasteiger partial charge on any atom is 0.226 e. The van der Waals surface area contributed by atoms with E-state index >= 15 is 0 Å². The van der Waals surface area contributed by atoms with Crippen molar-refractivity contribution in [2.45, 2.75) is 58.3 Å². The number of amides is 1. The van der Waals surface area contributed by atoms with E-state index in [1.165, 1.54) is 22.5 Å². The normalized spacial score (nSPS) is 31.7. The maximum absolute atomic E-state index is 13.4. The molecule has 5 unspecified atom stereocenters. The zero-order valence-electron chi connectivity index (χ0n) is 19.0. The summed E-state index contributed by atoms with van der Waals surface area (Å²) >= 11 is 1.44. The lowest BCUT2D eigenvalue weighted by atomic mass is 9.54. The number of aliphatic hydroxyl groups excluding tert-OH is 1.